The van der Waals surface area contributed by atoms with E-state index < -0.39 is 15.2 Å². The van der Waals surface area contributed by atoms with Gasteiger partial charge >= 0.3 is 0 Å². The van der Waals surface area contributed by atoms with Crippen LogP contribution in [-0.4, -0.2) is 77.2 Å². The highest BCUT2D eigenvalue weighted by molar-refractivity contribution is 7.92. The zero-order chi connectivity index (χ0) is 24.1. The van der Waals surface area contributed by atoms with Crippen LogP contribution in [0.1, 0.15) is 10.4 Å². The van der Waals surface area contributed by atoms with Crippen LogP contribution in [0.3, 0.4) is 0 Å². The number of amides is 1. The Morgan fingerprint density at radius 2 is 1.62 bits per heavy atom. The predicted octanol–water partition coefficient (Wildman–Crippen LogP) is 1.98. The van der Waals surface area contributed by atoms with Crippen LogP contribution in [0.15, 0.2) is 60.0 Å². The highest BCUT2D eigenvalue weighted by atomic mass is 32.2. The normalized spacial score (nSPS) is 18.3. The summed E-state index contributed by atoms with van der Waals surface area (Å²) >= 11 is 0. The summed E-state index contributed by atoms with van der Waals surface area (Å²) in [7, 11) is -3.67. The highest BCUT2D eigenvalue weighted by Crippen LogP contribution is 2.25. The van der Waals surface area contributed by atoms with E-state index in [0.717, 1.165) is 18.8 Å². The molecule has 9 nitrogen and oxygen atoms in total. The molecule has 0 aromatic heterocycles. The zero-order valence-electron chi connectivity index (χ0n) is 19.0. The van der Waals surface area contributed by atoms with E-state index >= 15 is 0 Å². The number of rotatable bonds is 7. The first-order chi connectivity index (χ1) is 16.4. The van der Waals surface area contributed by atoms with Crippen molar-refractivity contribution in [1.29, 1.82) is 0 Å². The molecule has 2 aromatic carbocycles. The molecule has 34 heavy (non-hydrogen) atoms. The molecular weight excluding hydrogens is 456 g/mol. The number of nitrogens with two attached hydrogens (primary N) is 1. The molecule has 1 amide bonds. The minimum atomic E-state index is -3.67. The maximum atomic E-state index is 13.2. The molecule has 2 saturated heterocycles. The van der Waals surface area contributed by atoms with Crippen molar-refractivity contribution in [2.45, 2.75) is 10.3 Å². The average Bonchev–Trinajstić information content (AvgIpc) is 2.86. The van der Waals surface area contributed by atoms with Gasteiger partial charge in [-0.25, -0.2) is 8.42 Å². The molecule has 0 spiro atoms. The molecule has 2 aliphatic heterocycles. The lowest BCUT2D eigenvalue weighted by Crippen LogP contribution is -2.46. The van der Waals surface area contributed by atoms with E-state index in [2.05, 4.69) is 16.8 Å². The minimum absolute atomic E-state index is 0.163. The Balaban J connectivity index is 1.48. The van der Waals surface area contributed by atoms with E-state index in [-0.39, 0.29) is 10.8 Å². The molecule has 3 N–H and O–H groups in total. The summed E-state index contributed by atoms with van der Waals surface area (Å²) in [6.07, 6.45) is 1.45. The number of carbonyl (C=O) groups excluding carboxylic acids is 1. The lowest BCUT2D eigenvalue weighted by Gasteiger charge is -2.32. The van der Waals surface area contributed by atoms with E-state index in [1.54, 1.807) is 24.3 Å². The molecular formula is C24H30N4O5S. The zero-order valence-corrected chi connectivity index (χ0v) is 19.8. The number of nitrogens with zero attached hydrogens (tertiary/aromatic N) is 2. The van der Waals surface area contributed by atoms with Gasteiger partial charge in [-0.05, 0) is 42.5 Å². The van der Waals surface area contributed by atoms with Gasteiger partial charge in [-0.3, -0.25) is 9.69 Å². The van der Waals surface area contributed by atoms with E-state index in [4.69, 9.17) is 15.2 Å². The van der Waals surface area contributed by atoms with E-state index in [1.807, 2.05) is 11.0 Å². The molecule has 1 atom stereocenters. The van der Waals surface area contributed by atoms with Crippen LogP contribution in [0.4, 0.5) is 17.1 Å². The van der Waals surface area contributed by atoms with Crippen molar-refractivity contribution in [2.24, 2.45) is 0 Å². The molecule has 10 heteroatoms. The monoisotopic (exact) mass is 486 g/mol. The molecule has 1 unspecified atom stereocenters. The fourth-order valence-electron chi connectivity index (χ4n) is 4.13. The quantitative estimate of drug-likeness (QED) is 0.451. The molecule has 2 fully saturated rings. The number of benzene rings is 2. The van der Waals surface area contributed by atoms with Crippen LogP contribution in [0.2, 0.25) is 0 Å². The topological polar surface area (TPSA) is 114 Å². The molecule has 2 aliphatic rings. The van der Waals surface area contributed by atoms with Gasteiger partial charge in [0.15, 0.2) is 9.84 Å². The van der Waals surface area contributed by atoms with Crippen molar-refractivity contribution in [1.82, 2.24) is 4.90 Å². The summed E-state index contributed by atoms with van der Waals surface area (Å²) in [5.74, 6) is -0.361. The number of ether oxygens (including phenoxy) is 2. The van der Waals surface area contributed by atoms with Gasteiger partial charge in [-0.2, -0.15) is 0 Å². The Kier molecular flexibility index (Phi) is 7.52. The summed E-state index contributed by atoms with van der Waals surface area (Å²) in [5.41, 5.74) is 8.18. The summed E-state index contributed by atoms with van der Waals surface area (Å²) < 4.78 is 37.1. The Morgan fingerprint density at radius 1 is 1.00 bits per heavy atom. The highest BCUT2D eigenvalue weighted by Gasteiger charge is 2.31. The fraction of sp³-hybridized carbons (Fsp3) is 0.375. The van der Waals surface area contributed by atoms with E-state index in [0.29, 0.717) is 56.5 Å². The van der Waals surface area contributed by atoms with Crippen molar-refractivity contribution in [3.8, 4) is 0 Å². The van der Waals surface area contributed by atoms with Crippen LogP contribution in [0, 0.1) is 0 Å². The second-order valence-corrected chi connectivity index (χ2v) is 10.2. The van der Waals surface area contributed by atoms with Crippen LogP contribution < -0.4 is 16.0 Å². The molecule has 0 saturated carbocycles. The number of carbonyl (C=O) groups is 1. The van der Waals surface area contributed by atoms with Crippen molar-refractivity contribution in [2.75, 3.05) is 68.6 Å². The van der Waals surface area contributed by atoms with Gasteiger partial charge in [0.25, 0.3) is 5.91 Å². The predicted molar refractivity (Wildman–Crippen MR) is 132 cm³/mol. The Hall–Kier alpha value is -2.92. The largest absolute Gasteiger partial charge is 0.398 e. The van der Waals surface area contributed by atoms with E-state index in [9.17, 15) is 13.2 Å². The molecule has 2 heterocycles. The Bertz CT molecular complexity index is 1120. The van der Waals surface area contributed by atoms with Gasteiger partial charge in [0.1, 0.15) is 5.37 Å². The number of nitrogens with one attached hydrogen (secondary N) is 1. The van der Waals surface area contributed by atoms with Gasteiger partial charge in [0.2, 0.25) is 0 Å². The minimum Gasteiger partial charge on any atom is -0.398 e. The fourth-order valence-corrected chi connectivity index (χ4v) is 5.78. The smallest absolute Gasteiger partial charge is 0.257 e. The molecule has 0 bridgehead atoms. The van der Waals surface area contributed by atoms with Crippen LogP contribution in [-0.2, 0) is 19.3 Å². The number of hydrogen-bond donors (Lipinski definition) is 2. The first-order valence-corrected chi connectivity index (χ1v) is 12.8. The van der Waals surface area contributed by atoms with Crippen LogP contribution in [0.5, 0.6) is 0 Å². The van der Waals surface area contributed by atoms with Crippen LogP contribution >= 0.6 is 0 Å². The van der Waals surface area contributed by atoms with Gasteiger partial charge in [0, 0.05) is 43.2 Å². The second-order valence-electron chi connectivity index (χ2n) is 8.17. The number of sulfone groups is 1. The van der Waals surface area contributed by atoms with E-state index in [1.165, 1.54) is 18.2 Å². The average molecular weight is 487 g/mol. The van der Waals surface area contributed by atoms with Gasteiger partial charge in [0.05, 0.1) is 36.9 Å². The van der Waals surface area contributed by atoms with Gasteiger partial charge in [-0.15, -0.1) is 6.58 Å². The molecule has 4 rings (SSSR count). The van der Waals surface area contributed by atoms with Gasteiger partial charge in [-0.1, -0.05) is 6.08 Å². The van der Waals surface area contributed by atoms with Crippen molar-refractivity contribution >= 4 is 32.8 Å². The lowest BCUT2D eigenvalue weighted by atomic mass is 10.1. The lowest BCUT2D eigenvalue weighted by molar-refractivity contribution is 0.0374. The van der Waals surface area contributed by atoms with Crippen molar-refractivity contribution < 1.29 is 22.7 Å². The third-order valence-corrected chi connectivity index (χ3v) is 8.08. The summed E-state index contributed by atoms with van der Waals surface area (Å²) in [4.78, 5) is 17.1. The summed E-state index contributed by atoms with van der Waals surface area (Å²) in [5, 5.41) is 1.98. The van der Waals surface area contributed by atoms with Crippen molar-refractivity contribution in [3.05, 3.63) is 60.7 Å². The van der Waals surface area contributed by atoms with Gasteiger partial charge < -0.3 is 25.4 Å². The molecule has 182 valence electrons. The first kappa shape index (κ1) is 24.2. The third-order valence-electron chi connectivity index (χ3n) is 6.02. The summed E-state index contributed by atoms with van der Waals surface area (Å²) in [6.45, 7) is 8.52. The maximum Gasteiger partial charge on any atom is 0.257 e. The Labute approximate surface area is 200 Å². The first-order valence-electron chi connectivity index (χ1n) is 11.2. The molecule has 2 aromatic rings. The Morgan fingerprint density at radius 3 is 2.24 bits per heavy atom. The van der Waals surface area contributed by atoms with Crippen molar-refractivity contribution in [3.63, 3.8) is 0 Å². The standard InChI is InChI=1S/C24H30N4O5S/c1-2-23(28-11-15-33-16-12-28)34(30,31)20-6-3-18(4-7-20)26-24(29)21-17-19(5-8-22(21)25)27-9-13-32-14-10-27/h2-8,17,23H,1,9-16,25H2,(H,26,29). The number of hydrogen-bond acceptors (Lipinski definition) is 8. The molecule has 0 radical (unpaired) electrons. The SMILES string of the molecule is C=CC(N1CCOCC1)S(=O)(=O)c1ccc(NC(=O)c2cc(N3CCOCC3)ccc2N)cc1. The number of anilines is 3. The third kappa shape index (κ3) is 5.25. The number of nitrogen functional groups attached to an aromatic ring is 1. The van der Waals surface area contributed by atoms with Crippen LogP contribution in [0.25, 0.3) is 0 Å². The summed E-state index contributed by atoms with van der Waals surface area (Å²) in [6, 6.07) is 11.5. The maximum absolute atomic E-state index is 13.2. The molecule has 0 aliphatic carbocycles. The second kappa shape index (κ2) is 10.6. The number of morpholine rings is 2.